The minimum Gasteiger partial charge on any atom is -0.493 e. The van der Waals surface area contributed by atoms with Crippen molar-refractivity contribution in [2.24, 2.45) is 0 Å². The van der Waals surface area contributed by atoms with Gasteiger partial charge in [-0.1, -0.05) is 30.3 Å². The van der Waals surface area contributed by atoms with Crippen LogP contribution in [0.25, 0.3) is 0 Å². The lowest BCUT2D eigenvalue weighted by molar-refractivity contribution is -0.122. The van der Waals surface area contributed by atoms with Crippen LogP contribution in [0, 0.1) is 0 Å². The Balaban J connectivity index is 1.64. The molecule has 0 aliphatic carbocycles. The van der Waals surface area contributed by atoms with Gasteiger partial charge in [0.15, 0.2) is 0 Å². The van der Waals surface area contributed by atoms with Crippen LogP contribution in [-0.2, 0) is 9.59 Å². The molecule has 3 rings (SSSR count). The van der Waals surface area contributed by atoms with Crippen molar-refractivity contribution in [2.45, 2.75) is 6.42 Å². The molecule has 0 saturated heterocycles. The normalized spacial score (nSPS) is 13.3. The maximum absolute atomic E-state index is 12.4. The number of fused-ring (bicyclic) bond motifs is 1. The average molecular weight is 296 g/mol. The zero-order valence-corrected chi connectivity index (χ0v) is 12.0. The van der Waals surface area contributed by atoms with Crippen molar-refractivity contribution in [1.82, 2.24) is 0 Å². The first-order chi connectivity index (χ1) is 10.7. The van der Waals surface area contributed by atoms with Crippen LogP contribution in [0.2, 0.25) is 0 Å². The molecule has 112 valence electrons. The summed E-state index contributed by atoms with van der Waals surface area (Å²) in [7, 11) is 0. The monoisotopic (exact) mass is 296 g/mol. The molecule has 0 fully saturated rings. The van der Waals surface area contributed by atoms with E-state index in [1.165, 1.54) is 4.90 Å². The SMILES string of the molecule is O=C1CN(C(=O)CCOc2ccccc2)c2ccccc2N1. The standard InChI is InChI=1S/C17H16N2O3/c20-16-12-19(15-9-5-4-8-14(15)18-16)17(21)10-11-22-13-6-2-1-3-7-13/h1-9H,10-12H2,(H,18,20). The molecule has 1 aliphatic heterocycles. The van der Waals surface area contributed by atoms with Gasteiger partial charge in [0.1, 0.15) is 12.3 Å². The van der Waals surface area contributed by atoms with E-state index in [1.807, 2.05) is 48.5 Å². The van der Waals surface area contributed by atoms with Gasteiger partial charge in [-0.3, -0.25) is 9.59 Å². The highest BCUT2D eigenvalue weighted by Gasteiger charge is 2.26. The van der Waals surface area contributed by atoms with Crippen molar-refractivity contribution in [3.05, 3.63) is 54.6 Å². The number of para-hydroxylation sites is 3. The Labute approximate surface area is 128 Å². The third-order valence-electron chi connectivity index (χ3n) is 3.40. The first kappa shape index (κ1) is 14.1. The Morgan fingerprint density at radius 3 is 2.64 bits per heavy atom. The molecule has 1 N–H and O–H groups in total. The van der Waals surface area contributed by atoms with E-state index in [-0.39, 0.29) is 31.4 Å². The van der Waals surface area contributed by atoms with Crippen LogP contribution in [0.15, 0.2) is 54.6 Å². The molecule has 22 heavy (non-hydrogen) atoms. The summed E-state index contributed by atoms with van der Waals surface area (Å²) in [6, 6.07) is 16.6. The van der Waals surface area contributed by atoms with Gasteiger partial charge in [0.05, 0.1) is 24.4 Å². The summed E-state index contributed by atoms with van der Waals surface area (Å²) in [5, 5.41) is 2.76. The Hall–Kier alpha value is -2.82. The van der Waals surface area contributed by atoms with Gasteiger partial charge in [0.2, 0.25) is 11.8 Å². The fourth-order valence-corrected chi connectivity index (χ4v) is 2.36. The van der Waals surface area contributed by atoms with E-state index < -0.39 is 0 Å². The van der Waals surface area contributed by atoms with Gasteiger partial charge in [0, 0.05) is 0 Å². The zero-order chi connectivity index (χ0) is 15.4. The smallest absolute Gasteiger partial charge is 0.244 e. The van der Waals surface area contributed by atoms with E-state index in [4.69, 9.17) is 4.74 Å². The molecule has 2 aromatic carbocycles. The molecule has 0 aromatic heterocycles. The van der Waals surface area contributed by atoms with Crippen molar-refractivity contribution in [2.75, 3.05) is 23.4 Å². The van der Waals surface area contributed by atoms with Crippen LogP contribution < -0.4 is 15.0 Å². The third-order valence-corrected chi connectivity index (χ3v) is 3.40. The second kappa shape index (κ2) is 6.30. The summed E-state index contributed by atoms with van der Waals surface area (Å²) >= 11 is 0. The van der Waals surface area contributed by atoms with Gasteiger partial charge in [-0.2, -0.15) is 0 Å². The van der Waals surface area contributed by atoms with Crippen molar-refractivity contribution < 1.29 is 14.3 Å². The second-order valence-electron chi connectivity index (χ2n) is 4.96. The lowest BCUT2D eigenvalue weighted by atomic mass is 10.2. The molecule has 1 heterocycles. The molecule has 0 bridgehead atoms. The molecule has 0 atom stereocenters. The number of amides is 2. The van der Waals surface area contributed by atoms with Crippen molar-refractivity contribution in [3.63, 3.8) is 0 Å². The minimum absolute atomic E-state index is 0.0428. The summed E-state index contributed by atoms with van der Waals surface area (Å²) in [5.41, 5.74) is 1.39. The second-order valence-corrected chi connectivity index (χ2v) is 4.96. The quantitative estimate of drug-likeness (QED) is 0.942. The Morgan fingerprint density at radius 1 is 1.09 bits per heavy atom. The molecule has 2 aromatic rings. The van der Waals surface area contributed by atoms with Crippen LogP contribution in [0.3, 0.4) is 0 Å². The Morgan fingerprint density at radius 2 is 1.82 bits per heavy atom. The van der Waals surface area contributed by atoms with Crippen LogP contribution in [-0.4, -0.2) is 25.0 Å². The zero-order valence-electron chi connectivity index (χ0n) is 12.0. The maximum Gasteiger partial charge on any atom is 0.244 e. The summed E-state index contributed by atoms with van der Waals surface area (Å²) < 4.78 is 5.53. The van der Waals surface area contributed by atoms with E-state index in [1.54, 1.807) is 6.07 Å². The van der Waals surface area contributed by atoms with Gasteiger partial charge in [-0.15, -0.1) is 0 Å². The molecule has 5 heteroatoms. The van der Waals surface area contributed by atoms with E-state index >= 15 is 0 Å². The average Bonchev–Trinajstić information content (AvgIpc) is 2.55. The maximum atomic E-state index is 12.4. The van der Waals surface area contributed by atoms with Crippen LogP contribution in [0.1, 0.15) is 6.42 Å². The first-order valence-corrected chi connectivity index (χ1v) is 7.11. The molecule has 5 nitrogen and oxygen atoms in total. The van der Waals surface area contributed by atoms with Crippen LogP contribution in [0.4, 0.5) is 11.4 Å². The number of carbonyl (C=O) groups excluding carboxylic acids is 2. The number of benzene rings is 2. The van der Waals surface area contributed by atoms with Gasteiger partial charge >= 0.3 is 0 Å². The molecule has 0 spiro atoms. The lowest BCUT2D eigenvalue weighted by Crippen LogP contribution is -2.42. The Bertz CT molecular complexity index is 685. The molecule has 0 unspecified atom stereocenters. The number of anilines is 2. The van der Waals surface area contributed by atoms with E-state index in [0.29, 0.717) is 5.69 Å². The van der Waals surface area contributed by atoms with Gasteiger partial charge < -0.3 is 15.0 Å². The number of hydrogen-bond acceptors (Lipinski definition) is 3. The number of nitrogens with one attached hydrogen (secondary N) is 1. The molecular weight excluding hydrogens is 280 g/mol. The molecule has 2 amide bonds. The summed E-state index contributed by atoms with van der Waals surface area (Å²) in [6.45, 7) is 0.324. The highest BCUT2D eigenvalue weighted by Crippen LogP contribution is 2.29. The Kier molecular flexibility index (Phi) is 4.05. The molecule has 0 saturated carbocycles. The summed E-state index contributed by atoms with van der Waals surface area (Å²) in [4.78, 5) is 25.6. The third kappa shape index (κ3) is 3.09. The van der Waals surface area contributed by atoms with E-state index in [0.717, 1.165) is 11.4 Å². The van der Waals surface area contributed by atoms with E-state index in [2.05, 4.69) is 5.32 Å². The number of nitrogens with zero attached hydrogens (tertiary/aromatic N) is 1. The fourth-order valence-electron chi connectivity index (χ4n) is 2.36. The summed E-state index contributed by atoms with van der Waals surface area (Å²) in [6.07, 6.45) is 0.219. The van der Waals surface area contributed by atoms with Crippen molar-refractivity contribution in [1.29, 1.82) is 0 Å². The number of rotatable bonds is 4. The highest BCUT2D eigenvalue weighted by molar-refractivity contribution is 6.09. The van der Waals surface area contributed by atoms with Crippen molar-refractivity contribution >= 4 is 23.2 Å². The fraction of sp³-hybridized carbons (Fsp3) is 0.176. The first-order valence-electron chi connectivity index (χ1n) is 7.11. The van der Waals surface area contributed by atoms with Gasteiger partial charge in [-0.25, -0.2) is 0 Å². The van der Waals surface area contributed by atoms with E-state index in [9.17, 15) is 9.59 Å². The van der Waals surface area contributed by atoms with Crippen molar-refractivity contribution in [3.8, 4) is 5.75 Å². The lowest BCUT2D eigenvalue weighted by Gasteiger charge is -2.29. The van der Waals surface area contributed by atoms with Crippen LogP contribution >= 0.6 is 0 Å². The molecular formula is C17H16N2O3. The highest BCUT2D eigenvalue weighted by atomic mass is 16.5. The number of ether oxygens (including phenoxy) is 1. The van der Waals surface area contributed by atoms with Gasteiger partial charge in [0.25, 0.3) is 0 Å². The van der Waals surface area contributed by atoms with Gasteiger partial charge in [-0.05, 0) is 24.3 Å². The van der Waals surface area contributed by atoms with Crippen LogP contribution in [0.5, 0.6) is 5.75 Å². The number of hydrogen-bond donors (Lipinski definition) is 1. The summed E-state index contributed by atoms with van der Waals surface area (Å²) in [5.74, 6) is 0.418. The number of carbonyl (C=O) groups is 2. The molecule has 1 aliphatic rings. The molecule has 0 radical (unpaired) electrons. The largest absolute Gasteiger partial charge is 0.493 e. The predicted octanol–water partition coefficient (Wildman–Crippen LogP) is 2.44. The predicted molar refractivity (Wildman–Crippen MR) is 84.0 cm³/mol. The topological polar surface area (TPSA) is 58.6 Å². The minimum atomic E-state index is -0.184.